The SMILES string of the molecule is CCC(=O)O[C@]1(C(=O)SCF)[C@@H](C)C[C@H]2[C@@H]3CCC4=CC(=O)C=C[C@]4(C)[C@@]3(Cl)[C@@H](O)C[C@@]21C. The lowest BCUT2D eigenvalue weighted by Gasteiger charge is -2.64. The molecule has 4 rings (SSSR count). The van der Waals surface area contributed by atoms with Crippen LogP contribution in [0.15, 0.2) is 23.8 Å². The predicted octanol–water partition coefficient (Wildman–Crippen LogP) is 4.75. The molecule has 0 saturated heterocycles. The van der Waals surface area contributed by atoms with Gasteiger partial charge in [-0.1, -0.05) is 39.3 Å². The van der Waals surface area contributed by atoms with Gasteiger partial charge in [-0.25, -0.2) is 4.39 Å². The molecule has 0 aliphatic heterocycles. The molecule has 4 aliphatic carbocycles. The van der Waals surface area contributed by atoms with Gasteiger partial charge in [0.1, 0.15) is 6.01 Å². The average Bonchev–Trinajstić information content (AvgIpc) is 2.97. The highest BCUT2D eigenvalue weighted by atomic mass is 35.5. The molecule has 5 nitrogen and oxygen atoms in total. The van der Waals surface area contributed by atoms with Crippen molar-refractivity contribution in [2.45, 2.75) is 76.4 Å². The summed E-state index contributed by atoms with van der Waals surface area (Å²) >= 11 is 7.95. The van der Waals surface area contributed by atoms with E-state index in [-0.39, 0.29) is 36.4 Å². The molecule has 3 saturated carbocycles. The highest BCUT2D eigenvalue weighted by molar-refractivity contribution is 8.13. The highest BCUT2D eigenvalue weighted by Crippen LogP contribution is 2.72. The zero-order chi connectivity index (χ0) is 24.4. The average molecular weight is 499 g/mol. The minimum Gasteiger partial charge on any atom is -0.449 e. The highest BCUT2D eigenvalue weighted by Gasteiger charge is 2.76. The standard InChI is InChI=1S/C25H32ClFO5S/c1-5-20(30)32-25(21(31)33-13-27)14(2)10-18-17-7-6-15-11-16(28)8-9-22(15,3)24(17,26)19(29)12-23(18,25)4/h8-9,11,14,17-19,29H,5-7,10,12-13H2,1-4H3/t14-,17-,18-,19-,22-,23-,24-,25-/m0/s1. The van der Waals surface area contributed by atoms with Gasteiger partial charge in [0.15, 0.2) is 11.4 Å². The van der Waals surface area contributed by atoms with Gasteiger partial charge >= 0.3 is 5.97 Å². The van der Waals surface area contributed by atoms with Crippen molar-refractivity contribution in [1.29, 1.82) is 0 Å². The topological polar surface area (TPSA) is 80.7 Å². The monoisotopic (exact) mass is 498 g/mol. The number of carbonyl (C=O) groups excluding carboxylic acids is 3. The van der Waals surface area contributed by atoms with Crippen LogP contribution in [0.25, 0.3) is 0 Å². The Labute approximate surface area is 203 Å². The molecule has 0 aromatic heterocycles. The van der Waals surface area contributed by atoms with Crippen LogP contribution >= 0.6 is 23.4 Å². The van der Waals surface area contributed by atoms with Crippen LogP contribution in [0.1, 0.15) is 59.8 Å². The summed E-state index contributed by atoms with van der Waals surface area (Å²) in [4.78, 5) is 36.9. The van der Waals surface area contributed by atoms with Gasteiger partial charge in [-0.05, 0) is 61.4 Å². The molecule has 8 atom stereocenters. The van der Waals surface area contributed by atoms with Crippen LogP contribution in [0.3, 0.4) is 0 Å². The Morgan fingerprint density at radius 3 is 2.67 bits per heavy atom. The largest absolute Gasteiger partial charge is 0.449 e. The Bertz CT molecular complexity index is 951. The number of allylic oxidation sites excluding steroid dienone is 4. The smallest absolute Gasteiger partial charge is 0.306 e. The maximum absolute atomic E-state index is 13.4. The molecule has 0 aromatic carbocycles. The normalized spacial score (nSPS) is 46.2. The summed E-state index contributed by atoms with van der Waals surface area (Å²) in [6.07, 6.45) is 6.08. The third-order valence-corrected chi connectivity index (χ3v) is 10.8. The molecule has 4 aliphatic rings. The second-order valence-corrected chi connectivity index (χ2v) is 12.0. The lowest BCUT2D eigenvalue weighted by molar-refractivity contribution is -0.196. The van der Waals surface area contributed by atoms with Gasteiger partial charge in [-0.2, -0.15) is 0 Å². The Morgan fingerprint density at radius 1 is 1.33 bits per heavy atom. The van der Waals surface area contributed by atoms with Gasteiger partial charge in [-0.15, -0.1) is 11.6 Å². The van der Waals surface area contributed by atoms with E-state index in [1.165, 1.54) is 6.08 Å². The molecule has 8 heteroatoms. The first kappa shape index (κ1) is 24.9. The Morgan fingerprint density at radius 2 is 2.03 bits per heavy atom. The lowest BCUT2D eigenvalue weighted by Crippen LogP contribution is -2.69. The molecule has 1 N–H and O–H groups in total. The second-order valence-electron chi connectivity index (χ2n) is 10.5. The number of hydrogen-bond acceptors (Lipinski definition) is 6. The Kier molecular flexibility index (Phi) is 6.19. The first-order valence-electron chi connectivity index (χ1n) is 11.7. The van der Waals surface area contributed by atoms with E-state index in [1.54, 1.807) is 13.0 Å². The van der Waals surface area contributed by atoms with Gasteiger partial charge in [0.2, 0.25) is 5.12 Å². The molecule has 0 bridgehead atoms. The maximum Gasteiger partial charge on any atom is 0.306 e. The number of esters is 1. The quantitative estimate of drug-likeness (QED) is 0.445. The van der Waals surface area contributed by atoms with Crippen LogP contribution in [0.5, 0.6) is 0 Å². The third kappa shape index (κ3) is 3.10. The van der Waals surface area contributed by atoms with Crippen molar-refractivity contribution in [2.24, 2.45) is 28.6 Å². The first-order valence-corrected chi connectivity index (χ1v) is 13.0. The van der Waals surface area contributed by atoms with E-state index in [1.807, 2.05) is 26.8 Å². The summed E-state index contributed by atoms with van der Waals surface area (Å²) in [5.41, 5.74) is -2.22. The minimum atomic E-state index is -1.53. The van der Waals surface area contributed by atoms with Crippen LogP contribution in [-0.2, 0) is 19.1 Å². The summed E-state index contributed by atoms with van der Waals surface area (Å²) in [5, 5.41) is 11.2. The molecule has 0 unspecified atom stereocenters. The number of fused-ring (bicyclic) bond motifs is 5. The number of thioether (sulfide) groups is 1. The van der Waals surface area contributed by atoms with E-state index in [0.29, 0.717) is 31.0 Å². The molecule has 182 valence electrons. The first-order chi connectivity index (χ1) is 15.4. The molecule has 0 radical (unpaired) electrons. The van der Waals surface area contributed by atoms with Crippen molar-refractivity contribution < 1.29 is 28.6 Å². The molecule has 0 aromatic rings. The van der Waals surface area contributed by atoms with Crippen molar-refractivity contribution in [3.05, 3.63) is 23.8 Å². The summed E-state index contributed by atoms with van der Waals surface area (Å²) in [5.74, 6) is -1.24. The van der Waals surface area contributed by atoms with Crippen molar-refractivity contribution in [3.8, 4) is 0 Å². The third-order valence-electron chi connectivity index (χ3n) is 9.23. The summed E-state index contributed by atoms with van der Waals surface area (Å²) in [6.45, 7) is 7.41. The van der Waals surface area contributed by atoms with E-state index < -0.39 is 44.5 Å². The fraction of sp³-hybridized carbons (Fsp3) is 0.720. The molecule has 0 heterocycles. The molecular weight excluding hydrogens is 467 g/mol. The molecule has 33 heavy (non-hydrogen) atoms. The van der Waals surface area contributed by atoms with Crippen LogP contribution in [0.4, 0.5) is 4.39 Å². The van der Waals surface area contributed by atoms with E-state index in [9.17, 15) is 23.9 Å². The number of aliphatic hydroxyl groups excluding tert-OH is 1. The van der Waals surface area contributed by atoms with E-state index in [4.69, 9.17) is 16.3 Å². The Balaban J connectivity index is 1.84. The summed E-state index contributed by atoms with van der Waals surface area (Å²) in [7, 11) is 0. The molecule has 3 fully saturated rings. The fourth-order valence-electron chi connectivity index (χ4n) is 7.63. The molecular formula is C25H32ClFO5S. The number of alkyl halides is 2. The van der Waals surface area contributed by atoms with Gasteiger partial charge < -0.3 is 9.84 Å². The number of hydrogen-bond donors (Lipinski definition) is 1. The summed E-state index contributed by atoms with van der Waals surface area (Å²) < 4.78 is 19.3. The van der Waals surface area contributed by atoms with Crippen molar-refractivity contribution in [1.82, 2.24) is 0 Å². The van der Waals surface area contributed by atoms with Crippen LogP contribution in [-0.4, -0.2) is 44.6 Å². The second kappa shape index (κ2) is 8.20. The molecule has 0 spiro atoms. The van der Waals surface area contributed by atoms with Gasteiger partial charge in [0.05, 0.1) is 11.0 Å². The van der Waals surface area contributed by atoms with Crippen molar-refractivity contribution in [3.63, 3.8) is 0 Å². The van der Waals surface area contributed by atoms with E-state index in [2.05, 4.69) is 0 Å². The zero-order valence-corrected chi connectivity index (χ0v) is 21.1. The lowest BCUT2D eigenvalue weighted by atomic mass is 9.46. The number of rotatable bonds is 4. The number of ether oxygens (including phenoxy) is 1. The minimum absolute atomic E-state index is 0.0786. The summed E-state index contributed by atoms with van der Waals surface area (Å²) in [6, 6.07) is -0.909. The van der Waals surface area contributed by atoms with Crippen LogP contribution in [0.2, 0.25) is 0 Å². The maximum atomic E-state index is 13.4. The van der Waals surface area contributed by atoms with Gasteiger partial charge in [0.25, 0.3) is 0 Å². The van der Waals surface area contributed by atoms with Gasteiger partial charge in [-0.3, -0.25) is 14.4 Å². The van der Waals surface area contributed by atoms with Crippen molar-refractivity contribution >= 4 is 40.2 Å². The number of ketones is 1. The number of halogens is 2. The van der Waals surface area contributed by atoms with Crippen molar-refractivity contribution in [2.75, 3.05) is 6.01 Å². The number of carbonyl (C=O) groups is 3. The zero-order valence-electron chi connectivity index (χ0n) is 19.5. The fourth-order valence-corrected chi connectivity index (χ4v) is 8.95. The number of aliphatic hydroxyl groups is 1. The van der Waals surface area contributed by atoms with Crippen LogP contribution in [0, 0.1) is 28.6 Å². The molecule has 0 amide bonds. The Hall–Kier alpha value is -1.18. The van der Waals surface area contributed by atoms with E-state index in [0.717, 1.165) is 5.57 Å². The van der Waals surface area contributed by atoms with Crippen LogP contribution < -0.4 is 0 Å². The van der Waals surface area contributed by atoms with E-state index >= 15 is 0 Å². The predicted molar refractivity (Wildman–Crippen MR) is 125 cm³/mol. The van der Waals surface area contributed by atoms with Gasteiger partial charge in [0, 0.05) is 23.2 Å².